The molecule has 0 bridgehead atoms. The number of aromatic nitrogens is 3. The van der Waals surface area contributed by atoms with E-state index in [2.05, 4.69) is 21.8 Å². The van der Waals surface area contributed by atoms with Crippen molar-refractivity contribution in [3.63, 3.8) is 0 Å². The molecule has 0 saturated carbocycles. The summed E-state index contributed by atoms with van der Waals surface area (Å²) in [6, 6.07) is 9.60. The largest absolute Gasteiger partial charge is 0.454 e. The van der Waals surface area contributed by atoms with E-state index in [1.807, 2.05) is 0 Å². The predicted octanol–water partition coefficient (Wildman–Crippen LogP) is 6.19. The fraction of sp³-hybridized carbons (Fsp3) is 0.0455. The molecule has 31 heavy (non-hydrogen) atoms. The van der Waals surface area contributed by atoms with E-state index in [9.17, 15) is 0 Å². The van der Waals surface area contributed by atoms with E-state index in [-0.39, 0.29) is 24.0 Å². The standard InChI is InChI=1S/C22H15Cl2FN4O2/c1-2-12-3-4-13(20(25)21(12)30-16-9-14(23)8-15(26)10-16)7-19-28-29-22(31-19)17-5-6-27-11-18(17)24/h2-6,8-11H,1,7,26H2. The highest BCUT2D eigenvalue weighted by atomic mass is 35.5. The van der Waals surface area contributed by atoms with Gasteiger partial charge in [0.05, 0.1) is 17.0 Å². The van der Waals surface area contributed by atoms with Crippen molar-refractivity contribution < 1.29 is 13.5 Å². The van der Waals surface area contributed by atoms with Crippen LogP contribution in [0.15, 0.2) is 59.8 Å². The minimum atomic E-state index is -0.586. The highest BCUT2D eigenvalue weighted by Crippen LogP contribution is 2.34. The van der Waals surface area contributed by atoms with Gasteiger partial charge in [0.2, 0.25) is 11.8 Å². The van der Waals surface area contributed by atoms with E-state index in [0.717, 1.165) is 0 Å². The van der Waals surface area contributed by atoms with Crippen molar-refractivity contribution >= 4 is 35.0 Å². The van der Waals surface area contributed by atoms with Crippen LogP contribution in [0.5, 0.6) is 11.5 Å². The van der Waals surface area contributed by atoms with Gasteiger partial charge in [-0.1, -0.05) is 48.0 Å². The topological polar surface area (TPSA) is 87.1 Å². The molecule has 0 saturated heterocycles. The molecule has 0 unspecified atom stereocenters. The molecular formula is C22H15Cl2FN4O2. The highest BCUT2D eigenvalue weighted by Gasteiger charge is 2.18. The number of rotatable bonds is 6. The molecule has 0 radical (unpaired) electrons. The van der Waals surface area contributed by atoms with Gasteiger partial charge in [-0.2, -0.15) is 0 Å². The molecule has 2 N–H and O–H groups in total. The third-order valence-electron chi connectivity index (χ3n) is 4.35. The third-order valence-corrected chi connectivity index (χ3v) is 4.87. The molecule has 0 aliphatic rings. The summed E-state index contributed by atoms with van der Waals surface area (Å²) >= 11 is 12.1. The molecule has 0 aliphatic heterocycles. The van der Waals surface area contributed by atoms with E-state index < -0.39 is 5.82 Å². The molecule has 0 fully saturated rings. The number of halogens is 3. The first kappa shape index (κ1) is 20.8. The summed E-state index contributed by atoms with van der Waals surface area (Å²) < 4.78 is 26.7. The second-order valence-corrected chi connectivity index (χ2v) is 7.36. The van der Waals surface area contributed by atoms with Gasteiger partial charge in [-0.05, 0) is 18.2 Å². The lowest BCUT2D eigenvalue weighted by atomic mass is 10.1. The number of pyridine rings is 1. The molecule has 0 spiro atoms. The molecule has 2 aromatic heterocycles. The first-order valence-electron chi connectivity index (χ1n) is 9.04. The van der Waals surface area contributed by atoms with Crippen LogP contribution >= 0.6 is 23.2 Å². The van der Waals surface area contributed by atoms with Gasteiger partial charge in [0.1, 0.15) is 5.75 Å². The Hall–Kier alpha value is -3.42. The summed E-state index contributed by atoms with van der Waals surface area (Å²) in [7, 11) is 0. The number of hydrogen-bond acceptors (Lipinski definition) is 6. The van der Waals surface area contributed by atoms with E-state index >= 15 is 4.39 Å². The summed E-state index contributed by atoms with van der Waals surface area (Å²) in [4.78, 5) is 3.92. The summed E-state index contributed by atoms with van der Waals surface area (Å²) in [6.45, 7) is 3.71. The smallest absolute Gasteiger partial charge is 0.249 e. The van der Waals surface area contributed by atoms with Crippen molar-refractivity contribution in [2.75, 3.05) is 5.73 Å². The number of nitrogens with zero attached hydrogens (tertiary/aromatic N) is 3. The Bertz CT molecular complexity index is 1260. The zero-order chi connectivity index (χ0) is 22.0. The van der Waals surface area contributed by atoms with Crippen LogP contribution in [0, 0.1) is 5.82 Å². The maximum Gasteiger partial charge on any atom is 0.249 e. The van der Waals surface area contributed by atoms with Crippen LogP contribution in [0.2, 0.25) is 10.0 Å². The monoisotopic (exact) mass is 456 g/mol. The SMILES string of the molecule is C=Cc1ccc(Cc2nnc(-c3ccncc3Cl)o2)c(F)c1Oc1cc(N)cc(Cl)c1. The quantitative estimate of drug-likeness (QED) is 0.348. The van der Waals surface area contributed by atoms with E-state index in [1.165, 1.54) is 12.3 Å². The molecule has 4 aromatic rings. The summed E-state index contributed by atoms with van der Waals surface area (Å²) in [6.07, 6.45) is 4.57. The van der Waals surface area contributed by atoms with Crippen LogP contribution in [-0.4, -0.2) is 15.2 Å². The van der Waals surface area contributed by atoms with E-state index in [1.54, 1.807) is 42.6 Å². The fourth-order valence-electron chi connectivity index (χ4n) is 2.92. The predicted molar refractivity (Wildman–Crippen MR) is 118 cm³/mol. The normalized spacial score (nSPS) is 10.8. The van der Waals surface area contributed by atoms with Crippen molar-refractivity contribution in [2.24, 2.45) is 0 Å². The molecule has 2 heterocycles. The molecular weight excluding hydrogens is 442 g/mol. The van der Waals surface area contributed by atoms with Crippen LogP contribution in [0.3, 0.4) is 0 Å². The van der Waals surface area contributed by atoms with Crippen LogP contribution in [-0.2, 0) is 6.42 Å². The fourth-order valence-corrected chi connectivity index (χ4v) is 3.35. The first-order chi connectivity index (χ1) is 14.9. The van der Waals surface area contributed by atoms with Crippen molar-refractivity contribution in [3.05, 3.63) is 88.3 Å². The molecule has 9 heteroatoms. The van der Waals surface area contributed by atoms with Gasteiger partial charge in [0.15, 0.2) is 11.6 Å². The van der Waals surface area contributed by atoms with Gasteiger partial charge in [0, 0.05) is 40.3 Å². The van der Waals surface area contributed by atoms with Crippen LogP contribution in [0.1, 0.15) is 17.0 Å². The molecule has 2 aromatic carbocycles. The number of nitrogens with two attached hydrogens (primary N) is 1. The minimum absolute atomic E-state index is 0.00826. The second kappa shape index (κ2) is 8.75. The summed E-state index contributed by atoms with van der Waals surface area (Å²) in [5, 5.41) is 8.73. The Balaban J connectivity index is 1.65. The number of anilines is 1. The number of hydrogen-bond donors (Lipinski definition) is 1. The molecule has 156 valence electrons. The van der Waals surface area contributed by atoms with Crippen LogP contribution in [0.25, 0.3) is 17.5 Å². The highest BCUT2D eigenvalue weighted by molar-refractivity contribution is 6.33. The van der Waals surface area contributed by atoms with E-state index in [0.29, 0.717) is 38.2 Å². The van der Waals surface area contributed by atoms with Gasteiger partial charge in [0.25, 0.3) is 0 Å². The lowest BCUT2D eigenvalue weighted by molar-refractivity contribution is 0.436. The summed E-state index contributed by atoms with van der Waals surface area (Å²) in [5.41, 5.74) is 7.50. The lowest BCUT2D eigenvalue weighted by Gasteiger charge is -2.13. The van der Waals surface area contributed by atoms with Crippen molar-refractivity contribution in [1.29, 1.82) is 0 Å². The number of ether oxygens (including phenoxy) is 1. The van der Waals surface area contributed by atoms with Gasteiger partial charge in [-0.15, -0.1) is 10.2 Å². The maximum atomic E-state index is 15.3. The van der Waals surface area contributed by atoms with E-state index in [4.69, 9.17) is 38.1 Å². The van der Waals surface area contributed by atoms with Gasteiger partial charge in [-0.3, -0.25) is 4.98 Å². The average molecular weight is 457 g/mol. The van der Waals surface area contributed by atoms with Gasteiger partial charge < -0.3 is 14.9 Å². The third kappa shape index (κ3) is 4.52. The minimum Gasteiger partial charge on any atom is -0.454 e. The van der Waals surface area contributed by atoms with Crippen molar-refractivity contribution in [2.45, 2.75) is 6.42 Å². The number of nitrogen functional groups attached to an aromatic ring is 1. The van der Waals surface area contributed by atoms with Crippen LogP contribution in [0.4, 0.5) is 10.1 Å². The van der Waals surface area contributed by atoms with Gasteiger partial charge in [-0.25, -0.2) is 4.39 Å². The Labute approximate surface area is 187 Å². The molecule has 6 nitrogen and oxygen atoms in total. The Kier molecular flexibility index (Phi) is 5.88. The van der Waals surface area contributed by atoms with Crippen LogP contribution < -0.4 is 10.5 Å². The Morgan fingerprint density at radius 1 is 1.16 bits per heavy atom. The zero-order valence-corrected chi connectivity index (χ0v) is 17.5. The summed E-state index contributed by atoms with van der Waals surface area (Å²) in [5.74, 6) is 0.141. The Morgan fingerprint density at radius 2 is 2.00 bits per heavy atom. The molecule has 0 amide bonds. The van der Waals surface area contributed by atoms with Crippen molar-refractivity contribution in [3.8, 4) is 23.0 Å². The molecule has 0 aliphatic carbocycles. The average Bonchev–Trinajstić information content (AvgIpc) is 3.19. The second-order valence-electron chi connectivity index (χ2n) is 6.52. The maximum absolute atomic E-state index is 15.3. The zero-order valence-electron chi connectivity index (χ0n) is 16.0. The first-order valence-corrected chi connectivity index (χ1v) is 9.80. The van der Waals surface area contributed by atoms with Gasteiger partial charge >= 0.3 is 0 Å². The van der Waals surface area contributed by atoms with Crippen molar-refractivity contribution in [1.82, 2.24) is 15.2 Å². The molecule has 4 rings (SSSR count). The lowest BCUT2D eigenvalue weighted by Crippen LogP contribution is -1.99. The molecule has 0 atom stereocenters. The number of benzene rings is 2. The Morgan fingerprint density at radius 3 is 2.74 bits per heavy atom.